The van der Waals surface area contributed by atoms with Gasteiger partial charge in [-0.2, -0.15) is 5.26 Å². The van der Waals surface area contributed by atoms with E-state index in [4.69, 9.17) is 37.9 Å². The van der Waals surface area contributed by atoms with Gasteiger partial charge in [-0.25, -0.2) is 0 Å². The van der Waals surface area contributed by atoms with Crippen LogP contribution in [0.1, 0.15) is 33.4 Å². The molecule has 0 N–H and O–H groups in total. The van der Waals surface area contributed by atoms with Crippen LogP contribution in [0, 0.1) is 18.3 Å². The summed E-state index contributed by atoms with van der Waals surface area (Å²) in [4.78, 5) is 0. The minimum Gasteiger partial charge on any atom is -0.372 e. The van der Waals surface area contributed by atoms with Gasteiger partial charge < -0.3 is 9.47 Å². The maximum atomic E-state index is 9.02. The number of hydrogen-bond donors (Lipinski definition) is 0. The van der Waals surface area contributed by atoms with Gasteiger partial charge in [0.2, 0.25) is 0 Å². The molecule has 3 nitrogen and oxygen atoms in total. The van der Waals surface area contributed by atoms with Crippen molar-refractivity contribution in [1.29, 1.82) is 5.26 Å². The van der Waals surface area contributed by atoms with E-state index >= 15 is 0 Å². The molecule has 0 aliphatic carbocycles. The Morgan fingerprint density at radius 2 is 1.28 bits per heavy atom. The average molecular weight is 426 g/mol. The van der Waals surface area contributed by atoms with Crippen molar-refractivity contribution in [2.24, 2.45) is 0 Å². The number of rotatable bonds is 8. The van der Waals surface area contributed by atoms with Crippen LogP contribution >= 0.6 is 23.2 Å². The zero-order chi connectivity index (χ0) is 20.6. The van der Waals surface area contributed by atoms with Crippen molar-refractivity contribution in [2.75, 3.05) is 0 Å². The van der Waals surface area contributed by atoms with Gasteiger partial charge in [0.1, 0.15) is 0 Å². The van der Waals surface area contributed by atoms with Crippen molar-refractivity contribution in [1.82, 2.24) is 0 Å². The van der Waals surface area contributed by atoms with Crippen LogP contribution in [0.5, 0.6) is 0 Å². The number of benzene rings is 3. The maximum absolute atomic E-state index is 9.02. The number of hydrogen-bond acceptors (Lipinski definition) is 3. The lowest BCUT2D eigenvalue weighted by molar-refractivity contribution is 0.103. The maximum Gasteiger partial charge on any atom is 0.0992 e. The monoisotopic (exact) mass is 425 g/mol. The van der Waals surface area contributed by atoms with Gasteiger partial charge in [-0.15, -0.1) is 0 Å². The fourth-order valence-electron chi connectivity index (χ4n) is 3.08. The topological polar surface area (TPSA) is 42.2 Å². The molecular formula is C24H21Cl2NO2. The number of aryl methyl sites for hydroxylation is 1. The molecule has 0 unspecified atom stereocenters. The molecule has 3 aromatic carbocycles. The quantitative estimate of drug-likeness (QED) is 0.407. The van der Waals surface area contributed by atoms with Crippen molar-refractivity contribution in [3.8, 4) is 6.07 Å². The minimum absolute atomic E-state index is 0.393. The van der Waals surface area contributed by atoms with Crippen molar-refractivity contribution in [3.05, 3.63) is 104 Å². The normalized spacial score (nSPS) is 10.7. The van der Waals surface area contributed by atoms with Crippen LogP contribution in [0.15, 0.2) is 60.7 Å². The first-order valence-electron chi connectivity index (χ1n) is 9.21. The first kappa shape index (κ1) is 21.4. The van der Waals surface area contributed by atoms with Gasteiger partial charge in [0.05, 0.1) is 38.1 Å². The molecule has 0 saturated carbocycles. The zero-order valence-electron chi connectivity index (χ0n) is 16.1. The van der Waals surface area contributed by atoms with Gasteiger partial charge in [-0.3, -0.25) is 0 Å². The zero-order valence-corrected chi connectivity index (χ0v) is 17.6. The molecule has 0 atom stereocenters. The fourth-order valence-corrected chi connectivity index (χ4v) is 3.65. The first-order valence-corrected chi connectivity index (χ1v) is 9.96. The van der Waals surface area contributed by atoms with E-state index in [2.05, 4.69) is 18.2 Å². The average Bonchev–Trinajstić information content (AvgIpc) is 2.67. The Balaban J connectivity index is 1.50. The summed E-state index contributed by atoms with van der Waals surface area (Å²) in [6, 6.07) is 21.4. The number of ether oxygens (including phenoxy) is 2. The summed E-state index contributed by atoms with van der Waals surface area (Å²) in [5.74, 6) is 0. The van der Waals surface area contributed by atoms with E-state index in [1.165, 1.54) is 0 Å². The van der Waals surface area contributed by atoms with Gasteiger partial charge in [0, 0.05) is 10.0 Å². The van der Waals surface area contributed by atoms with Crippen LogP contribution in [0.4, 0.5) is 0 Å². The Labute approximate surface area is 181 Å². The SMILES string of the molecule is Cc1cc(Cl)cc(COCc2cccc(COCc3cc(Cl)cc(C#N)c3)c2)c1. The highest BCUT2D eigenvalue weighted by Crippen LogP contribution is 2.18. The highest BCUT2D eigenvalue weighted by molar-refractivity contribution is 6.31. The number of nitriles is 1. The van der Waals surface area contributed by atoms with Crippen LogP contribution in [0.25, 0.3) is 0 Å². The number of nitrogens with zero attached hydrogens (tertiary/aromatic N) is 1. The molecule has 0 aromatic heterocycles. The number of halogens is 2. The molecule has 0 aliphatic heterocycles. The van der Waals surface area contributed by atoms with Crippen molar-refractivity contribution in [3.63, 3.8) is 0 Å². The van der Waals surface area contributed by atoms with Crippen molar-refractivity contribution >= 4 is 23.2 Å². The Hall–Kier alpha value is -2.35. The predicted octanol–water partition coefficient (Wildman–Crippen LogP) is 6.61. The van der Waals surface area contributed by atoms with Crippen LogP contribution in [-0.4, -0.2) is 0 Å². The fraction of sp³-hybridized carbons (Fsp3) is 0.208. The molecule has 3 rings (SSSR count). The molecule has 29 heavy (non-hydrogen) atoms. The summed E-state index contributed by atoms with van der Waals surface area (Å²) in [6.45, 7) is 3.90. The van der Waals surface area contributed by atoms with Crippen LogP contribution < -0.4 is 0 Å². The third kappa shape index (κ3) is 6.88. The summed E-state index contributed by atoms with van der Waals surface area (Å²) in [7, 11) is 0. The molecule has 0 bridgehead atoms. The Morgan fingerprint density at radius 3 is 1.86 bits per heavy atom. The third-order valence-electron chi connectivity index (χ3n) is 4.25. The highest BCUT2D eigenvalue weighted by atomic mass is 35.5. The van der Waals surface area contributed by atoms with E-state index in [9.17, 15) is 0 Å². The standard InChI is InChI=1S/C24H21Cl2NO2/c1-17-5-21(10-23(25)6-17)15-28-13-18-3-2-4-19(7-18)14-29-16-22-8-20(12-27)9-24(26)11-22/h2-11H,13-16H2,1H3. The molecule has 0 saturated heterocycles. The lowest BCUT2D eigenvalue weighted by atomic mass is 10.1. The van der Waals surface area contributed by atoms with Crippen molar-refractivity contribution in [2.45, 2.75) is 33.4 Å². The smallest absolute Gasteiger partial charge is 0.0992 e. The first-order chi connectivity index (χ1) is 14.0. The van der Waals surface area contributed by atoms with Crippen LogP contribution in [0.3, 0.4) is 0 Å². The molecular weight excluding hydrogens is 405 g/mol. The molecule has 3 aromatic rings. The lowest BCUT2D eigenvalue weighted by Gasteiger charge is -2.09. The summed E-state index contributed by atoms with van der Waals surface area (Å²) < 4.78 is 11.6. The van der Waals surface area contributed by atoms with Gasteiger partial charge >= 0.3 is 0 Å². The van der Waals surface area contributed by atoms with Gasteiger partial charge in [-0.05, 0) is 65.1 Å². The van der Waals surface area contributed by atoms with Gasteiger partial charge in [0.25, 0.3) is 0 Å². The highest BCUT2D eigenvalue weighted by Gasteiger charge is 2.03. The minimum atomic E-state index is 0.393. The van der Waals surface area contributed by atoms with E-state index in [0.29, 0.717) is 37.0 Å². The summed E-state index contributed by atoms with van der Waals surface area (Å²) in [5.41, 5.74) is 5.74. The van der Waals surface area contributed by atoms with Crippen LogP contribution in [-0.2, 0) is 35.9 Å². The Kier molecular flexibility index (Phi) is 7.69. The molecule has 148 valence electrons. The molecule has 0 radical (unpaired) electrons. The summed E-state index contributed by atoms with van der Waals surface area (Å²) in [6.07, 6.45) is 0. The molecule has 0 fully saturated rings. The second-order valence-corrected chi connectivity index (χ2v) is 7.78. The van der Waals surface area contributed by atoms with E-state index in [-0.39, 0.29) is 0 Å². The molecule has 0 heterocycles. The lowest BCUT2D eigenvalue weighted by Crippen LogP contribution is -1.98. The summed E-state index contributed by atoms with van der Waals surface area (Å²) >= 11 is 12.1. The van der Waals surface area contributed by atoms with Crippen LogP contribution in [0.2, 0.25) is 10.0 Å². The second kappa shape index (κ2) is 10.4. The largest absolute Gasteiger partial charge is 0.372 e. The third-order valence-corrected chi connectivity index (χ3v) is 4.69. The van der Waals surface area contributed by atoms with Crippen molar-refractivity contribution < 1.29 is 9.47 Å². The molecule has 0 amide bonds. The van der Waals surface area contributed by atoms with Gasteiger partial charge in [-0.1, -0.05) is 53.5 Å². The van der Waals surface area contributed by atoms with E-state index in [1.54, 1.807) is 12.1 Å². The van der Waals surface area contributed by atoms with Gasteiger partial charge in [0.15, 0.2) is 0 Å². The molecule has 0 spiro atoms. The second-order valence-electron chi connectivity index (χ2n) is 6.90. The van der Waals surface area contributed by atoms with E-state index in [1.807, 2.05) is 43.3 Å². The predicted molar refractivity (Wildman–Crippen MR) is 116 cm³/mol. The van der Waals surface area contributed by atoms with E-state index < -0.39 is 0 Å². The summed E-state index contributed by atoms with van der Waals surface area (Å²) in [5, 5.41) is 10.3. The molecule has 0 aliphatic rings. The Bertz CT molecular complexity index is 1010. The Morgan fingerprint density at radius 1 is 0.724 bits per heavy atom. The molecule has 5 heteroatoms. The van der Waals surface area contributed by atoms with E-state index in [0.717, 1.165) is 32.8 Å².